The van der Waals surface area contributed by atoms with E-state index >= 15 is 0 Å². The fourth-order valence-corrected chi connectivity index (χ4v) is 2.18. The molecule has 0 fully saturated rings. The van der Waals surface area contributed by atoms with Gasteiger partial charge in [0.15, 0.2) is 6.29 Å². The number of carbonyl (C=O) groups excluding carboxylic acids is 1. The molecule has 94 valence electrons. The van der Waals surface area contributed by atoms with Crippen molar-refractivity contribution in [2.24, 2.45) is 7.05 Å². The van der Waals surface area contributed by atoms with Crippen LogP contribution in [-0.4, -0.2) is 22.3 Å². The Kier molecular flexibility index (Phi) is 3.38. The molecule has 0 saturated heterocycles. The number of thioether (sulfide) groups is 1. The summed E-state index contributed by atoms with van der Waals surface area (Å²) in [5, 5.41) is 2.74. The lowest BCUT2D eigenvalue weighted by Gasteiger charge is -2.03. The van der Waals surface area contributed by atoms with Crippen LogP contribution in [0.1, 0.15) is 10.4 Å². The average Bonchev–Trinajstić information content (AvgIpc) is 2.65. The largest absolute Gasteiger partial charge is 0.298 e. The third-order valence-corrected chi connectivity index (χ3v) is 3.41. The van der Waals surface area contributed by atoms with Gasteiger partial charge in [0.25, 0.3) is 5.56 Å². The lowest BCUT2D eigenvalue weighted by molar-refractivity contribution is 0.112. The summed E-state index contributed by atoms with van der Waals surface area (Å²) in [6, 6.07) is 4.60. The van der Waals surface area contributed by atoms with Gasteiger partial charge in [0.1, 0.15) is 11.4 Å². The molecule has 0 unspecified atom stereocenters. The van der Waals surface area contributed by atoms with Gasteiger partial charge >= 0.3 is 0 Å². The number of halogens is 1. The number of aromatic nitrogens is 2. The molecule has 1 N–H and O–H groups in total. The number of benzene rings is 1. The standard InChI is InChI=1S/C12H11FN2O2S/c1-15-12(17)8(6-16)11(14-15)7-3-4-10(18-2)9(13)5-7/h3-6,14H,1-2H3. The zero-order valence-electron chi connectivity index (χ0n) is 9.86. The van der Waals surface area contributed by atoms with E-state index in [2.05, 4.69) is 5.10 Å². The van der Waals surface area contributed by atoms with Crippen LogP contribution < -0.4 is 5.56 Å². The molecule has 6 heteroatoms. The van der Waals surface area contributed by atoms with Crippen LogP contribution in [0.4, 0.5) is 4.39 Å². The predicted molar refractivity (Wildman–Crippen MR) is 68.6 cm³/mol. The van der Waals surface area contributed by atoms with Crippen molar-refractivity contribution in [2.75, 3.05) is 6.26 Å². The van der Waals surface area contributed by atoms with Gasteiger partial charge in [-0.2, -0.15) is 0 Å². The van der Waals surface area contributed by atoms with Crippen molar-refractivity contribution in [1.29, 1.82) is 0 Å². The summed E-state index contributed by atoms with van der Waals surface area (Å²) in [7, 11) is 1.51. The number of H-pyrrole nitrogens is 1. The topological polar surface area (TPSA) is 54.9 Å². The maximum atomic E-state index is 13.7. The van der Waals surface area contributed by atoms with Crippen molar-refractivity contribution in [3.8, 4) is 11.3 Å². The van der Waals surface area contributed by atoms with Crippen LogP contribution in [0.3, 0.4) is 0 Å². The van der Waals surface area contributed by atoms with Gasteiger partial charge < -0.3 is 0 Å². The molecule has 18 heavy (non-hydrogen) atoms. The summed E-state index contributed by atoms with van der Waals surface area (Å²) in [4.78, 5) is 23.0. The van der Waals surface area contributed by atoms with E-state index < -0.39 is 5.56 Å². The number of nitrogens with one attached hydrogen (secondary N) is 1. The summed E-state index contributed by atoms with van der Waals surface area (Å²) >= 11 is 1.30. The molecular weight excluding hydrogens is 255 g/mol. The minimum absolute atomic E-state index is 0.00815. The number of aldehydes is 1. The number of carbonyl (C=O) groups is 1. The molecule has 0 aliphatic heterocycles. The molecule has 4 nitrogen and oxygen atoms in total. The van der Waals surface area contributed by atoms with Gasteiger partial charge in [0.05, 0.1) is 5.69 Å². The molecule has 0 saturated carbocycles. The second-order valence-corrected chi connectivity index (χ2v) is 4.58. The Morgan fingerprint density at radius 2 is 2.17 bits per heavy atom. The van der Waals surface area contributed by atoms with Gasteiger partial charge in [-0.05, 0) is 18.4 Å². The summed E-state index contributed by atoms with van der Waals surface area (Å²) in [6.07, 6.45) is 2.26. The lowest BCUT2D eigenvalue weighted by Crippen LogP contribution is -2.14. The van der Waals surface area contributed by atoms with Crippen molar-refractivity contribution >= 4 is 18.0 Å². The van der Waals surface area contributed by atoms with E-state index in [0.29, 0.717) is 22.4 Å². The summed E-state index contributed by atoms with van der Waals surface area (Å²) in [5.41, 5.74) is 0.400. The maximum Gasteiger partial charge on any atom is 0.277 e. The number of nitrogens with zero attached hydrogens (tertiary/aromatic N) is 1. The van der Waals surface area contributed by atoms with Crippen molar-refractivity contribution in [1.82, 2.24) is 9.78 Å². The van der Waals surface area contributed by atoms with Gasteiger partial charge in [0, 0.05) is 17.5 Å². The first-order valence-corrected chi connectivity index (χ1v) is 6.39. The molecule has 1 aromatic carbocycles. The van der Waals surface area contributed by atoms with Crippen LogP contribution in [0, 0.1) is 5.82 Å². The third kappa shape index (κ3) is 1.99. The van der Waals surface area contributed by atoms with Gasteiger partial charge in [0.2, 0.25) is 0 Å². The highest BCUT2D eigenvalue weighted by Crippen LogP contribution is 2.25. The van der Waals surface area contributed by atoms with Crippen molar-refractivity contribution in [2.45, 2.75) is 4.90 Å². The number of hydrogen-bond donors (Lipinski definition) is 1. The second-order valence-electron chi connectivity index (χ2n) is 3.73. The van der Waals surface area contributed by atoms with Crippen molar-refractivity contribution in [3.05, 3.63) is 39.9 Å². The molecule has 0 bridgehead atoms. The number of hydrogen-bond acceptors (Lipinski definition) is 3. The van der Waals surface area contributed by atoms with E-state index in [-0.39, 0.29) is 11.4 Å². The van der Waals surface area contributed by atoms with Gasteiger partial charge in [-0.1, -0.05) is 6.07 Å². The molecule has 1 aromatic heterocycles. The molecule has 0 aliphatic rings. The van der Waals surface area contributed by atoms with Crippen LogP contribution in [0.25, 0.3) is 11.3 Å². The van der Waals surface area contributed by atoms with E-state index in [1.54, 1.807) is 18.4 Å². The predicted octanol–water partition coefficient (Wildman–Crippen LogP) is 2.05. The van der Waals surface area contributed by atoms with E-state index in [4.69, 9.17) is 0 Å². The van der Waals surface area contributed by atoms with Crippen LogP contribution in [0.2, 0.25) is 0 Å². The van der Waals surface area contributed by atoms with Gasteiger partial charge in [-0.15, -0.1) is 11.8 Å². The van der Waals surface area contributed by atoms with E-state index in [9.17, 15) is 14.0 Å². The Balaban J connectivity index is 2.62. The molecule has 2 aromatic rings. The maximum absolute atomic E-state index is 13.7. The third-order valence-electron chi connectivity index (χ3n) is 2.64. The average molecular weight is 266 g/mol. The Labute approximate surface area is 107 Å². The van der Waals surface area contributed by atoms with Crippen LogP contribution >= 0.6 is 11.8 Å². The SMILES string of the molecule is CSc1ccc(-c2[nH]n(C)c(=O)c2C=O)cc1F. The van der Waals surface area contributed by atoms with Crippen LogP contribution in [0.15, 0.2) is 27.9 Å². The molecule has 0 atom stereocenters. The number of aromatic amines is 1. The number of aryl methyl sites for hydroxylation is 1. The van der Waals surface area contributed by atoms with Crippen molar-refractivity contribution < 1.29 is 9.18 Å². The van der Waals surface area contributed by atoms with Crippen LogP contribution in [0.5, 0.6) is 0 Å². The fourth-order valence-electron chi connectivity index (χ4n) is 1.72. The molecule has 2 rings (SSSR count). The van der Waals surface area contributed by atoms with Crippen LogP contribution in [-0.2, 0) is 7.05 Å². The monoisotopic (exact) mass is 266 g/mol. The Hall–Kier alpha value is -1.82. The highest BCUT2D eigenvalue weighted by Gasteiger charge is 2.14. The van der Waals surface area contributed by atoms with E-state index in [0.717, 1.165) is 0 Å². The summed E-state index contributed by atoms with van der Waals surface area (Å²) in [5.74, 6) is -0.374. The minimum atomic E-state index is -0.422. The minimum Gasteiger partial charge on any atom is -0.298 e. The summed E-state index contributed by atoms with van der Waals surface area (Å²) in [6.45, 7) is 0. The van der Waals surface area contributed by atoms with Gasteiger partial charge in [-0.25, -0.2) is 4.39 Å². The molecule has 0 spiro atoms. The quantitative estimate of drug-likeness (QED) is 0.683. The molecule has 0 radical (unpaired) electrons. The highest BCUT2D eigenvalue weighted by molar-refractivity contribution is 7.98. The van der Waals surface area contributed by atoms with Crippen molar-refractivity contribution in [3.63, 3.8) is 0 Å². The zero-order chi connectivity index (χ0) is 13.3. The first-order chi connectivity index (χ1) is 8.58. The van der Waals surface area contributed by atoms with E-state index in [1.807, 2.05) is 0 Å². The molecule has 0 aliphatic carbocycles. The first kappa shape index (κ1) is 12.6. The summed E-state index contributed by atoms with van der Waals surface area (Å²) < 4.78 is 14.9. The molecular formula is C12H11FN2O2S. The molecule has 0 amide bonds. The zero-order valence-corrected chi connectivity index (χ0v) is 10.7. The smallest absolute Gasteiger partial charge is 0.277 e. The molecule has 1 heterocycles. The lowest BCUT2D eigenvalue weighted by atomic mass is 10.1. The number of rotatable bonds is 3. The fraction of sp³-hybridized carbons (Fsp3) is 0.167. The van der Waals surface area contributed by atoms with Gasteiger partial charge in [-0.3, -0.25) is 19.4 Å². The normalized spacial score (nSPS) is 10.6. The highest BCUT2D eigenvalue weighted by atomic mass is 32.2. The first-order valence-electron chi connectivity index (χ1n) is 5.16. The second kappa shape index (κ2) is 4.81. The Morgan fingerprint density at radius 3 is 2.72 bits per heavy atom. The Morgan fingerprint density at radius 1 is 1.44 bits per heavy atom. The van der Waals surface area contributed by atoms with E-state index in [1.165, 1.54) is 29.6 Å². The Bertz CT molecular complexity index is 661.